The van der Waals surface area contributed by atoms with Crippen LogP contribution in [0.25, 0.3) is 0 Å². The number of hydrogen-bond acceptors (Lipinski definition) is 2. The predicted octanol–water partition coefficient (Wildman–Crippen LogP) is 0.300. The highest BCUT2D eigenvalue weighted by Crippen LogP contribution is 2.09. The van der Waals surface area contributed by atoms with Crippen molar-refractivity contribution in [1.82, 2.24) is 5.48 Å². The first-order valence-corrected chi connectivity index (χ1v) is 2.10. The van der Waals surface area contributed by atoms with Crippen molar-refractivity contribution in [3.63, 3.8) is 0 Å². The van der Waals surface area contributed by atoms with E-state index >= 15 is 0 Å². The van der Waals surface area contributed by atoms with Gasteiger partial charge in [0.25, 0.3) is 0 Å². The summed E-state index contributed by atoms with van der Waals surface area (Å²) in [7, 11) is 0. The highest BCUT2D eigenvalue weighted by Gasteiger charge is 2.26. The normalized spacial score (nSPS) is 29.0. The fourth-order valence-corrected chi connectivity index (χ4v) is 0.361. The van der Waals surface area contributed by atoms with E-state index < -0.39 is 0 Å². The lowest BCUT2D eigenvalue weighted by Crippen LogP contribution is -2.54. The highest BCUT2D eigenvalue weighted by atomic mass is 16.7. The predicted molar refractivity (Wildman–Crippen MR) is 23.2 cm³/mol. The second-order valence-electron chi connectivity index (χ2n) is 2.27. The summed E-state index contributed by atoms with van der Waals surface area (Å²) < 4.78 is 0. The molecule has 0 aliphatic carbocycles. The maximum absolute atomic E-state index is 4.69. The molecule has 36 valence electrons. The fraction of sp³-hybridized carbons (Fsp3) is 1.00. The van der Waals surface area contributed by atoms with Gasteiger partial charge < -0.3 is 0 Å². The van der Waals surface area contributed by atoms with Crippen LogP contribution < -0.4 is 5.48 Å². The first-order chi connectivity index (χ1) is 2.71. The molecule has 0 aromatic rings. The third kappa shape index (κ3) is 0.533. The minimum absolute atomic E-state index is 0.250. The molecule has 0 bridgehead atoms. The molecule has 6 heavy (non-hydrogen) atoms. The number of hydrogen-bond donors (Lipinski definition) is 1. The summed E-state index contributed by atoms with van der Waals surface area (Å²) in [6.45, 7) is 5.03. The Labute approximate surface area is 37.4 Å². The Morgan fingerprint density at radius 2 is 2.00 bits per heavy atom. The van der Waals surface area contributed by atoms with E-state index in [9.17, 15) is 0 Å². The summed E-state index contributed by atoms with van der Waals surface area (Å²) in [5.74, 6) is 0. The molecule has 0 amide bonds. The van der Waals surface area contributed by atoms with Gasteiger partial charge in [-0.25, -0.2) is 0 Å². The Balaban J connectivity index is 2.31. The quantitative estimate of drug-likeness (QED) is 0.459. The van der Waals surface area contributed by atoms with Crippen LogP contribution in [0.5, 0.6) is 0 Å². The maximum atomic E-state index is 4.69. The molecular formula is C4H9NO. The maximum Gasteiger partial charge on any atom is 0.0881 e. The standard InChI is InChI=1S/C4H9NO/c1-4(2)3-6-5-4/h5H,3H2,1-2H3. The third-order valence-electron chi connectivity index (χ3n) is 0.781. The van der Waals surface area contributed by atoms with Crippen LogP contribution in [0.1, 0.15) is 13.8 Å². The van der Waals surface area contributed by atoms with Crippen LogP contribution in [-0.4, -0.2) is 12.1 Å². The van der Waals surface area contributed by atoms with Crippen molar-refractivity contribution >= 4 is 0 Å². The van der Waals surface area contributed by atoms with Gasteiger partial charge in [0.2, 0.25) is 0 Å². The summed E-state index contributed by atoms with van der Waals surface area (Å²) in [5, 5.41) is 0. The van der Waals surface area contributed by atoms with E-state index in [1.54, 1.807) is 0 Å². The lowest BCUT2D eigenvalue weighted by atomic mass is 10.1. The van der Waals surface area contributed by atoms with Crippen LogP contribution in [-0.2, 0) is 4.84 Å². The fourth-order valence-electron chi connectivity index (χ4n) is 0.361. The van der Waals surface area contributed by atoms with E-state index in [0.717, 1.165) is 6.61 Å². The zero-order chi connectivity index (χ0) is 4.62. The molecule has 1 heterocycles. The largest absolute Gasteiger partial charge is 0.299 e. The monoisotopic (exact) mass is 87.1 g/mol. The van der Waals surface area contributed by atoms with Crippen molar-refractivity contribution in [1.29, 1.82) is 0 Å². The van der Waals surface area contributed by atoms with Crippen molar-refractivity contribution in [2.75, 3.05) is 6.61 Å². The van der Waals surface area contributed by atoms with Gasteiger partial charge in [0.1, 0.15) is 0 Å². The molecule has 1 fully saturated rings. The average molecular weight is 87.1 g/mol. The Hall–Kier alpha value is -0.0800. The molecule has 0 saturated carbocycles. The number of hydroxylamine groups is 1. The first kappa shape index (κ1) is 4.09. The van der Waals surface area contributed by atoms with Crippen LogP contribution in [0.4, 0.5) is 0 Å². The van der Waals surface area contributed by atoms with Crippen molar-refractivity contribution in [3.8, 4) is 0 Å². The van der Waals surface area contributed by atoms with E-state index in [4.69, 9.17) is 0 Å². The molecule has 1 aliphatic heterocycles. The lowest BCUT2D eigenvalue weighted by molar-refractivity contribution is -0.142. The molecule has 0 aromatic heterocycles. The SMILES string of the molecule is CC1(C)CON1. The molecule has 0 spiro atoms. The molecule has 0 unspecified atom stereocenters. The zero-order valence-electron chi connectivity index (χ0n) is 4.12. The van der Waals surface area contributed by atoms with E-state index in [-0.39, 0.29) is 5.54 Å². The summed E-state index contributed by atoms with van der Waals surface area (Å²) >= 11 is 0. The number of nitrogens with one attached hydrogen (secondary N) is 1. The molecule has 0 atom stereocenters. The molecule has 2 nitrogen and oxygen atoms in total. The Kier molecular flexibility index (Phi) is 0.648. The zero-order valence-corrected chi connectivity index (χ0v) is 4.12. The van der Waals surface area contributed by atoms with E-state index in [1.807, 2.05) is 0 Å². The van der Waals surface area contributed by atoms with Crippen LogP contribution in [0, 0.1) is 0 Å². The van der Waals surface area contributed by atoms with Gasteiger partial charge in [-0.2, -0.15) is 5.48 Å². The van der Waals surface area contributed by atoms with E-state index in [0.29, 0.717) is 0 Å². The van der Waals surface area contributed by atoms with Crippen LogP contribution >= 0.6 is 0 Å². The van der Waals surface area contributed by atoms with E-state index in [2.05, 4.69) is 24.2 Å². The summed E-state index contributed by atoms with van der Waals surface area (Å²) in [6.07, 6.45) is 0. The Morgan fingerprint density at radius 1 is 1.67 bits per heavy atom. The van der Waals surface area contributed by atoms with Gasteiger partial charge in [-0.15, -0.1) is 0 Å². The minimum atomic E-state index is 0.250. The van der Waals surface area contributed by atoms with E-state index in [1.165, 1.54) is 0 Å². The van der Waals surface area contributed by atoms with Crippen LogP contribution in [0.3, 0.4) is 0 Å². The molecule has 0 radical (unpaired) electrons. The summed E-state index contributed by atoms with van der Waals surface area (Å²) in [4.78, 5) is 4.69. The van der Waals surface area contributed by atoms with Gasteiger partial charge in [0.05, 0.1) is 12.1 Å². The van der Waals surface area contributed by atoms with Gasteiger partial charge >= 0.3 is 0 Å². The molecule has 1 aliphatic rings. The van der Waals surface area contributed by atoms with Gasteiger partial charge in [-0.1, -0.05) is 0 Å². The second-order valence-corrected chi connectivity index (χ2v) is 2.27. The van der Waals surface area contributed by atoms with Gasteiger partial charge in [0, 0.05) is 0 Å². The van der Waals surface area contributed by atoms with Crippen molar-refractivity contribution < 1.29 is 4.84 Å². The Morgan fingerprint density at radius 3 is 2.00 bits per heavy atom. The Bertz CT molecular complexity index is 54.6. The van der Waals surface area contributed by atoms with Crippen LogP contribution in [0.15, 0.2) is 0 Å². The number of rotatable bonds is 0. The second kappa shape index (κ2) is 0.950. The first-order valence-electron chi connectivity index (χ1n) is 2.10. The van der Waals surface area contributed by atoms with Crippen molar-refractivity contribution in [2.24, 2.45) is 0 Å². The average Bonchev–Trinajstić information content (AvgIpc) is 1.32. The van der Waals surface area contributed by atoms with Crippen molar-refractivity contribution in [3.05, 3.63) is 0 Å². The van der Waals surface area contributed by atoms with Gasteiger partial charge in [-0.05, 0) is 13.8 Å². The summed E-state index contributed by atoms with van der Waals surface area (Å²) in [6, 6.07) is 0. The molecular weight excluding hydrogens is 78.0 g/mol. The molecule has 2 heteroatoms. The lowest BCUT2D eigenvalue weighted by Gasteiger charge is -2.34. The summed E-state index contributed by atoms with van der Waals surface area (Å²) in [5.41, 5.74) is 3.03. The molecule has 0 aromatic carbocycles. The highest BCUT2D eigenvalue weighted by molar-refractivity contribution is 4.77. The van der Waals surface area contributed by atoms with Crippen LogP contribution in [0.2, 0.25) is 0 Å². The van der Waals surface area contributed by atoms with Crippen molar-refractivity contribution in [2.45, 2.75) is 19.4 Å². The van der Waals surface area contributed by atoms with Gasteiger partial charge in [0.15, 0.2) is 0 Å². The minimum Gasteiger partial charge on any atom is -0.299 e. The molecule has 1 rings (SSSR count). The molecule has 1 N–H and O–H groups in total. The topological polar surface area (TPSA) is 21.3 Å². The smallest absolute Gasteiger partial charge is 0.0881 e. The third-order valence-corrected chi connectivity index (χ3v) is 0.781. The van der Waals surface area contributed by atoms with Gasteiger partial charge in [-0.3, -0.25) is 4.84 Å². The molecule has 1 saturated heterocycles.